The molecule has 0 aliphatic rings. The van der Waals surface area contributed by atoms with Crippen molar-refractivity contribution >= 4 is 21.6 Å². The summed E-state index contributed by atoms with van der Waals surface area (Å²) in [6.45, 7) is 0. The van der Waals surface area contributed by atoms with Gasteiger partial charge in [0.15, 0.2) is 0 Å². The molecule has 2 nitrogen and oxygen atoms in total. The molecule has 2 N–H and O–H groups in total. The molecule has 0 spiro atoms. The Hall–Kier alpha value is -1.42. The van der Waals surface area contributed by atoms with Gasteiger partial charge in [-0.3, -0.25) is 4.98 Å². The second-order valence-electron chi connectivity index (χ2n) is 3.49. The van der Waals surface area contributed by atoms with Crippen LogP contribution in [0.3, 0.4) is 0 Å². The molecule has 1 aromatic carbocycles. The average Bonchev–Trinajstić information content (AvgIpc) is 2.25. The lowest BCUT2D eigenvalue weighted by atomic mass is 10.1. The number of benzene rings is 1. The van der Waals surface area contributed by atoms with E-state index in [0.717, 1.165) is 10.0 Å². The van der Waals surface area contributed by atoms with Gasteiger partial charge in [0.1, 0.15) is 5.82 Å². The Balaban J connectivity index is 2.31. The van der Waals surface area contributed by atoms with Gasteiger partial charge in [-0.05, 0) is 29.3 Å². The van der Waals surface area contributed by atoms with Crippen molar-refractivity contribution < 1.29 is 4.39 Å². The van der Waals surface area contributed by atoms with Gasteiger partial charge in [-0.1, -0.05) is 22.0 Å². The number of rotatable bonds is 2. The van der Waals surface area contributed by atoms with Crippen molar-refractivity contribution in [2.75, 3.05) is 5.73 Å². The summed E-state index contributed by atoms with van der Waals surface area (Å²) >= 11 is 3.22. The van der Waals surface area contributed by atoms with Crippen molar-refractivity contribution in [2.45, 2.75) is 6.42 Å². The number of nitrogens with zero attached hydrogens (tertiary/aromatic N) is 1. The first kappa shape index (κ1) is 11.1. The van der Waals surface area contributed by atoms with E-state index in [2.05, 4.69) is 20.9 Å². The van der Waals surface area contributed by atoms with E-state index in [-0.39, 0.29) is 5.82 Å². The van der Waals surface area contributed by atoms with Gasteiger partial charge in [0.2, 0.25) is 0 Å². The van der Waals surface area contributed by atoms with Crippen LogP contribution >= 0.6 is 15.9 Å². The van der Waals surface area contributed by atoms with E-state index in [0.29, 0.717) is 17.7 Å². The van der Waals surface area contributed by atoms with Crippen LogP contribution in [0.5, 0.6) is 0 Å². The second-order valence-corrected chi connectivity index (χ2v) is 4.40. The van der Waals surface area contributed by atoms with Gasteiger partial charge >= 0.3 is 0 Å². The van der Waals surface area contributed by atoms with E-state index < -0.39 is 0 Å². The van der Waals surface area contributed by atoms with Crippen molar-refractivity contribution in [3.8, 4) is 0 Å². The minimum atomic E-state index is -0.238. The molecule has 82 valence electrons. The summed E-state index contributed by atoms with van der Waals surface area (Å²) in [6, 6.07) is 6.71. The topological polar surface area (TPSA) is 38.9 Å². The van der Waals surface area contributed by atoms with Crippen molar-refractivity contribution in [2.24, 2.45) is 0 Å². The lowest BCUT2D eigenvalue weighted by Crippen LogP contribution is -1.98. The summed E-state index contributed by atoms with van der Waals surface area (Å²) in [7, 11) is 0. The highest BCUT2D eigenvalue weighted by Crippen LogP contribution is 2.20. The highest BCUT2D eigenvalue weighted by Gasteiger charge is 2.06. The molecular weight excluding hydrogens is 271 g/mol. The van der Waals surface area contributed by atoms with Gasteiger partial charge in [-0.15, -0.1) is 0 Å². The lowest BCUT2D eigenvalue weighted by Gasteiger charge is -2.06. The van der Waals surface area contributed by atoms with Crippen LogP contribution in [-0.2, 0) is 6.42 Å². The van der Waals surface area contributed by atoms with Crippen molar-refractivity contribution in [1.29, 1.82) is 0 Å². The monoisotopic (exact) mass is 280 g/mol. The van der Waals surface area contributed by atoms with E-state index in [9.17, 15) is 4.39 Å². The van der Waals surface area contributed by atoms with Gasteiger partial charge in [0.25, 0.3) is 0 Å². The van der Waals surface area contributed by atoms with Gasteiger partial charge in [-0.2, -0.15) is 0 Å². The van der Waals surface area contributed by atoms with Crippen molar-refractivity contribution in [1.82, 2.24) is 4.98 Å². The second kappa shape index (κ2) is 4.61. The Morgan fingerprint density at radius 3 is 2.75 bits per heavy atom. The third-order valence-corrected chi connectivity index (χ3v) is 2.83. The minimum absolute atomic E-state index is 0.238. The molecule has 4 heteroatoms. The van der Waals surface area contributed by atoms with Gasteiger partial charge in [0.05, 0.1) is 0 Å². The molecule has 0 saturated carbocycles. The maximum atomic E-state index is 13.6. The molecule has 0 amide bonds. The number of halogens is 2. The Morgan fingerprint density at radius 1 is 1.25 bits per heavy atom. The molecule has 0 radical (unpaired) electrons. The number of nitrogen functional groups attached to an aromatic ring is 1. The van der Waals surface area contributed by atoms with Gasteiger partial charge in [-0.25, -0.2) is 4.39 Å². The molecule has 2 aromatic rings. The van der Waals surface area contributed by atoms with Crippen LogP contribution in [0, 0.1) is 5.82 Å². The standard InChI is InChI=1S/C12H10BrFN2/c13-10-2-1-8(11(14)6-10)5-9-7-16-4-3-12(9)15/h1-4,6-7H,5H2,(H2,15,16). The van der Waals surface area contributed by atoms with Crippen LogP contribution in [-0.4, -0.2) is 4.98 Å². The Morgan fingerprint density at radius 2 is 2.06 bits per heavy atom. The first-order chi connectivity index (χ1) is 7.66. The molecule has 0 aliphatic heterocycles. The average molecular weight is 281 g/mol. The minimum Gasteiger partial charge on any atom is -0.398 e. The smallest absolute Gasteiger partial charge is 0.127 e. The third-order valence-electron chi connectivity index (χ3n) is 2.34. The number of aromatic nitrogens is 1. The molecule has 0 bridgehead atoms. The Kier molecular flexibility index (Phi) is 3.19. The van der Waals surface area contributed by atoms with Crippen molar-refractivity contribution in [3.63, 3.8) is 0 Å². The fourth-order valence-electron chi connectivity index (χ4n) is 1.46. The van der Waals surface area contributed by atoms with Crippen LogP contribution < -0.4 is 5.73 Å². The number of pyridine rings is 1. The maximum Gasteiger partial charge on any atom is 0.127 e. The SMILES string of the molecule is Nc1ccncc1Cc1ccc(Br)cc1F. The molecule has 2 rings (SSSR count). The van der Waals surface area contributed by atoms with Crippen LogP contribution in [0.1, 0.15) is 11.1 Å². The summed E-state index contributed by atoms with van der Waals surface area (Å²) in [5.74, 6) is -0.238. The zero-order valence-corrected chi connectivity index (χ0v) is 10.0. The largest absolute Gasteiger partial charge is 0.398 e. The number of nitrogens with two attached hydrogens (primary N) is 1. The Bertz CT molecular complexity index is 514. The van der Waals surface area contributed by atoms with Gasteiger partial charge < -0.3 is 5.73 Å². The van der Waals surface area contributed by atoms with Crippen LogP contribution in [0.15, 0.2) is 41.1 Å². The Labute approximate surface area is 101 Å². The molecule has 16 heavy (non-hydrogen) atoms. The fourth-order valence-corrected chi connectivity index (χ4v) is 1.79. The molecule has 0 unspecified atom stereocenters. The van der Waals surface area contributed by atoms with E-state index >= 15 is 0 Å². The zero-order chi connectivity index (χ0) is 11.5. The predicted octanol–water partition coefficient (Wildman–Crippen LogP) is 3.16. The summed E-state index contributed by atoms with van der Waals surface area (Å²) < 4.78 is 14.3. The number of hydrogen-bond acceptors (Lipinski definition) is 2. The fraction of sp³-hybridized carbons (Fsp3) is 0.0833. The first-order valence-electron chi connectivity index (χ1n) is 4.79. The molecule has 0 fully saturated rings. The summed E-state index contributed by atoms with van der Waals surface area (Å²) in [5, 5.41) is 0. The lowest BCUT2D eigenvalue weighted by molar-refractivity contribution is 0.613. The molecule has 1 aromatic heterocycles. The number of anilines is 1. The predicted molar refractivity (Wildman–Crippen MR) is 65.6 cm³/mol. The zero-order valence-electron chi connectivity index (χ0n) is 8.45. The van der Waals surface area contributed by atoms with Gasteiger partial charge in [0, 0.05) is 29.0 Å². The van der Waals surface area contributed by atoms with Crippen LogP contribution in [0.2, 0.25) is 0 Å². The van der Waals surface area contributed by atoms with E-state index in [1.165, 1.54) is 6.07 Å². The molecule has 1 heterocycles. The highest BCUT2D eigenvalue weighted by atomic mass is 79.9. The third kappa shape index (κ3) is 2.39. The van der Waals surface area contributed by atoms with Crippen LogP contribution in [0.25, 0.3) is 0 Å². The summed E-state index contributed by atoms with van der Waals surface area (Å²) in [4.78, 5) is 3.98. The quantitative estimate of drug-likeness (QED) is 0.918. The molecule has 0 aliphatic carbocycles. The molecule has 0 saturated heterocycles. The van der Waals surface area contributed by atoms with E-state index in [4.69, 9.17) is 5.73 Å². The molecular formula is C12H10BrFN2. The summed E-state index contributed by atoms with van der Waals surface area (Å²) in [6.07, 6.45) is 3.74. The normalized spacial score (nSPS) is 10.4. The summed E-state index contributed by atoms with van der Waals surface area (Å²) in [5.41, 5.74) is 7.86. The van der Waals surface area contributed by atoms with E-state index in [1.807, 2.05) is 6.07 Å². The highest BCUT2D eigenvalue weighted by molar-refractivity contribution is 9.10. The maximum absolute atomic E-state index is 13.6. The van der Waals surface area contributed by atoms with Crippen LogP contribution in [0.4, 0.5) is 10.1 Å². The first-order valence-corrected chi connectivity index (χ1v) is 5.58. The molecule has 0 atom stereocenters. The number of hydrogen-bond donors (Lipinski definition) is 1. The van der Waals surface area contributed by atoms with Crippen molar-refractivity contribution in [3.05, 3.63) is 58.1 Å². The van der Waals surface area contributed by atoms with E-state index in [1.54, 1.807) is 24.5 Å².